The summed E-state index contributed by atoms with van der Waals surface area (Å²) in [6.45, 7) is 4.28. The fraction of sp³-hybridized carbons (Fsp3) is 0.214. The first-order valence-corrected chi connectivity index (χ1v) is 6.40. The lowest BCUT2D eigenvalue weighted by molar-refractivity contribution is 0.720. The molecule has 0 aliphatic heterocycles. The largest absolute Gasteiger partial charge is 0.332 e. The first-order chi connectivity index (χ1) is 9.60. The second-order valence-corrected chi connectivity index (χ2v) is 4.65. The molecule has 0 unspecified atom stereocenters. The maximum Gasteiger partial charge on any atom is 0.330 e. The summed E-state index contributed by atoms with van der Waals surface area (Å²) in [4.78, 5) is 33.2. The summed E-state index contributed by atoms with van der Waals surface area (Å²) in [6.07, 6.45) is 0. The van der Waals surface area contributed by atoms with E-state index < -0.39 is 11.2 Å². The predicted molar refractivity (Wildman–Crippen MR) is 76.8 cm³/mol. The maximum atomic E-state index is 11.8. The molecule has 2 N–H and O–H groups in total. The third-order valence-electron chi connectivity index (χ3n) is 3.27. The number of hydrogen-bond donors (Lipinski definition) is 2. The van der Waals surface area contributed by atoms with E-state index in [4.69, 9.17) is 0 Å². The number of aromatic amines is 2. The van der Waals surface area contributed by atoms with Crippen molar-refractivity contribution in [3.63, 3.8) is 0 Å². The van der Waals surface area contributed by atoms with Crippen molar-refractivity contribution in [3.05, 3.63) is 50.7 Å². The van der Waals surface area contributed by atoms with Crippen molar-refractivity contribution >= 4 is 11.2 Å². The van der Waals surface area contributed by atoms with Crippen molar-refractivity contribution in [2.24, 2.45) is 0 Å². The number of hydrogen-bond acceptors (Lipinski definition) is 3. The molecule has 2 heterocycles. The zero-order valence-electron chi connectivity index (χ0n) is 11.2. The van der Waals surface area contributed by atoms with Crippen molar-refractivity contribution in [1.82, 2.24) is 19.5 Å². The highest BCUT2D eigenvalue weighted by Crippen LogP contribution is 2.18. The average molecular weight is 270 g/mol. The van der Waals surface area contributed by atoms with E-state index in [0.717, 1.165) is 11.1 Å². The molecule has 3 aromatic rings. The van der Waals surface area contributed by atoms with Crippen molar-refractivity contribution in [2.45, 2.75) is 20.4 Å². The summed E-state index contributed by atoms with van der Waals surface area (Å²) in [6, 6.07) is 7.80. The Kier molecular flexibility index (Phi) is 2.78. The summed E-state index contributed by atoms with van der Waals surface area (Å²) in [7, 11) is 0. The van der Waals surface area contributed by atoms with Gasteiger partial charge in [0.15, 0.2) is 5.65 Å². The Labute approximate surface area is 114 Å². The van der Waals surface area contributed by atoms with E-state index in [1.165, 1.54) is 4.57 Å². The smallest absolute Gasteiger partial charge is 0.330 e. The minimum absolute atomic E-state index is 0.321. The normalized spacial score (nSPS) is 11.1. The van der Waals surface area contributed by atoms with Crippen molar-refractivity contribution in [3.8, 4) is 11.4 Å². The number of rotatable bonds is 2. The molecule has 0 bridgehead atoms. The summed E-state index contributed by atoms with van der Waals surface area (Å²) in [5, 5.41) is 0. The van der Waals surface area contributed by atoms with Gasteiger partial charge < -0.3 is 4.98 Å². The Morgan fingerprint density at radius 2 is 1.85 bits per heavy atom. The molecular weight excluding hydrogens is 256 g/mol. The van der Waals surface area contributed by atoms with Crippen LogP contribution >= 0.6 is 0 Å². The fourth-order valence-electron chi connectivity index (χ4n) is 2.18. The Balaban J connectivity index is 2.30. The summed E-state index contributed by atoms with van der Waals surface area (Å²) < 4.78 is 1.44. The molecule has 0 fully saturated rings. The average Bonchev–Trinajstić information content (AvgIpc) is 2.85. The summed E-state index contributed by atoms with van der Waals surface area (Å²) in [5.74, 6) is 0.582. The third-order valence-corrected chi connectivity index (χ3v) is 3.27. The topological polar surface area (TPSA) is 83.5 Å². The summed E-state index contributed by atoms with van der Waals surface area (Å²) in [5.41, 5.74) is 1.85. The Hall–Kier alpha value is -2.63. The van der Waals surface area contributed by atoms with Crippen LogP contribution in [0.5, 0.6) is 0 Å². The Morgan fingerprint density at radius 3 is 2.50 bits per heavy atom. The Morgan fingerprint density at radius 1 is 1.15 bits per heavy atom. The quantitative estimate of drug-likeness (QED) is 0.738. The number of aromatic nitrogens is 4. The number of fused-ring (bicyclic) bond motifs is 1. The molecule has 0 amide bonds. The lowest BCUT2D eigenvalue weighted by Gasteiger charge is -1.99. The number of benzene rings is 1. The summed E-state index contributed by atoms with van der Waals surface area (Å²) >= 11 is 0. The number of H-pyrrole nitrogens is 2. The third kappa shape index (κ3) is 1.85. The maximum absolute atomic E-state index is 11.8. The zero-order chi connectivity index (χ0) is 14.3. The molecule has 20 heavy (non-hydrogen) atoms. The predicted octanol–water partition coefficient (Wildman–Crippen LogP) is 1.41. The zero-order valence-corrected chi connectivity index (χ0v) is 11.2. The van der Waals surface area contributed by atoms with Gasteiger partial charge in [0.05, 0.1) is 0 Å². The van der Waals surface area contributed by atoms with E-state index in [1.54, 1.807) is 0 Å². The molecule has 2 aromatic heterocycles. The van der Waals surface area contributed by atoms with Gasteiger partial charge in [-0.1, -0.05) is 29.8 Å². The second kappa shape index (κ2) is 4.48. The Bertz CT molecular complexity index is 884. The van der Waals surface area contributed by atoms with Gasteiger partial charge in [0.2, 0.25) is 0 Å². The van der Waals surface area contributed by atoms with Crippen molar-refractivity contribution in [2.75, 3.05) is 0 Å². The first-order valence-electron chi connectivity index (χ1n) is 6.40. The molecule has 102 valence electrons. The van der Waals surface area contributed by atoms with Gasteiger partial charge in [-0.05, 0) is 13.8 Å². The van der Waals surface area contributed by atoms with Gasteiger partial charge in [-0.3, -0.25) is 14.3 Å². The number of nitrogens with one attached hydrogen (secondary N) is 2. The molecular formula is C14H14N4O2. The highest BCUT2D eigenvalue weighted by molar-refractivity contribution is 5.75. The molecule has 6 heteroatoms. The van der Waals surface area contributed by atoms with Crippen LogP contribution in [0.3, 0.4) is 0 Å². The van der Waals surface area contributed by atoms with Crippen LogP contribution in [0.4, 0.5) is 0 Å². The van der Waals surface area contributed by atoms with Crippen LogP contribution in [0, 0.1) is 6.92 Å². The molecule has 1 aromatic carbocycles. The number of aryl methyl sites for hydroxylation is 2. The van der Waals surface area contributed by atoms with Crippen LogP contribution < -0.4 is 11.2 Å². The lowest BCUT2D eigenvalue weighted by Crippen LogP contribution is -2.29. The molecule has 0 atom stereocenters. The molecule has 0 saturated heterocycles. The van der Waals surface area contributed by atoms with E-state index >= 15 is 0 Å². The van der Waals surface area contributed by atoms with Gasteiger partial charge in [-0.25, -0.2) is 9.78 Å². The van der Waals surface area contributed by atoms with Gasteiger partial charge in [-0.15, -0.1) is 0 Å². The molecule has 3 rings (SSSR count). The molecule has 0 aliphatic rings. The van der Waals surface area contributed by atoms with Gasteiger partial charge in [0.25, 0.3) is 5.56 Å². The van der Waals surface area contributed by atoms with Gasteiger partial charge in [-0.2, -0.15) is 0 Å². The highest BCUT2D eigenvalue weighted by atomic mass is 16.2. The fourth-order valence-corrected chi connectivity index (χ4v) is 2.18. The van der Waals surface area contributed by atoms with Crippen LogP contribution in [0.15, 0.2) is 33.9 Å². The lowest BCUT2D eigenvalue weighted by atomic mass is 10.1. The number of nitrogens with zero attached hydrogens (tertiary/aromatic N) is 2. The minimum Gasteiger partial charge on any atom is -0.332 e. The standard InChI is InChI=1S/C14H14N4O2/c1-3-18-12-10(13(19)17-14(18)20)15-11(16-12)9-6-4-8(2)5-7-9/h4-7H,3H2,1-2H3,(H,15,16)(H,17,19,20). The molecule has 0 aliphatic carbocycles. The van der Waals surface area contributed by atoms with Gasteiger partial charge >= 0.3 is 5.69 Å². The number of imidazole rings is 1. The second-order valence-electron chi connectivity index (χ2n) is 4.65. The van der Waals surface area contributed by atoms with Crippen LogP contribution in [0.2, 0.25) is 0 Å². The molecule has 0 saturated carbocycles. The van der Waals surface area contributed by atoms with E-state index in [2.05, 4.69) is 15.0 Å². The van der Waals surface area contributed by atoms with E-state index in [0.29, 0.717) is 23.5 Å². The highest BCUT2D eigenvalue weighted by Gasteiger charge is 2.12. The van der Waals surface area contributed by atoms with Crippen LogP contribution in [0.1, 0.15) is 12.5 Å². The molecule has 6 nitrogen and oxygen atoms in total. The van der Waals surface area contributed by atoms with Gasteiger partial charge in [0, 0.05) is 12.1 Å². The van der Waals surface area contributed by atoms with Crippen molar-refractivity contribution in [1.29, 1.82) is 0 Å². The van der Waals surface area contributed by atoms with E-state index in [9.17, 15) is 9.59 Å². The van der Waals surface area contributed by atoms with E-state index in [-0.39, 0.29) is 0 Å². The monoisotopic (exact) mass is 270 g/mol. The first kappa shape index (κ1) is 12.4. The van der Waals surface area contributed by atoms with Gasteiger partial charge in [0.1, 0.15) is 11.3 Å². The van der Waals surface area contributed by atoms with Crippen LogP contribution in [-0.2, 0) is 6.54 Å². The van der Waals surface area contributed by atoms with Crippen molar-refractivity contribution < 1.29 is 0 Å². The van der Waals surface area contributed by atoms with Crippen LogP contribution in [-0.4, -0.2) is 19.5 Å². The minimum atomic E-state index is -0.444. The SMILES string of the molecule is CCn1c(=O)[nH]c(=O)c2[nH]c(-c3ccc(C)cc3)nc21. The van der Waals surface area contributed by atoms with E-state index in [1.807, 2.05) is 38.1 Å². The molecule has 0 radical (unpaired) electrons. The molecule has 0 spiro atoms. The van der Waals surface area contributed by atoms with Crippen LogP contribution in [0.25, 0.3) is 22.6 Å².